The molecule has 0 saturated heterocycles. The maximum atomic E-state index is 11.2. The topological polar surface area (TPSA) is 94.4 Å². The number of non-ortho nitro benzene ring substituents is 1. The van der Waals surface area contributed by atoms with Gasteiger partial charge in [-0.1, -0.05) is 18.2 Å². The predicted molar refractivity (Wildman–Crippen MR) is 98.3 cm³/mol. The van der Waals surface area contributed by atoms with Crippen LogP contribution in [0.2, 0.25) is 0 Å². The van der Waals surface area contributed by atoms with Crippen molar-refractivity contribution in [2.75, 3.05) is 11.9 Å². The fourth-order valence-electron chi connectivity index (χ4n) is 2.70. The molecule has 7 heteroatoms. The highest BCUT2D eigenvalue weighted by Gasteiger charge is 2.14. The van der Waals surface area contributed by atoms with Crippen molar-refractivity contribution >= 4 is 28.2 Å². The number of rotatable bonds is 6. The standard InChI is InChI=1S/C19H17N3O4/c1-13(23)21-19-12-14(8-10-20-19)9-11-26-18-7-6-17(22(24)25)15-4-2-3-5-16(15)18/h2-8,10,12H,9,11H2,1H3,(H,20,21,23). The average molecular weight is 351 g/mol. The van der Waals surface area contributed by atoms with Crippen LogP contribution in [0.5, 0.6) is 5.75 Å². The molecule has 0 bridgehead atoms. The third-order valence-corrected chi connectivity index (χ3v) is 3.83. The largest absolute Gasteiger partial charge is 0.493 e. The monoisotopic (exact) mass is 351 g/mol. The number of nitro groups is 1. The Hall–Kier alpha value is -3.48. The molecule has 0 aliphatic heterocycles. The van der Waals surface area contributed by atoms with E-state index in [1.54, 1.807) is 36.5 Å². The van der Waals surface area contributed by atoms with Gasteiger partial charge < -0.3 is 10.1 Å². The van der Waals surface area contributed by atoms with E-state index in [4.69, 9.17) is 4.74 Å². The van der Waals surface area contributed by atoms with E-state index in [1.807, 2.05) is 12.1 Å². The molecule has 0 atom stereocenters. The number of pyridine rings is 1. The fraction of sp³-hybridized carbons (Fsp3) is 0.158. The van der Waals surface area contributed by atoms with Crippen LogP contribution in [-0.2, 0) is 11.2 Å². The van der Waals surface area contributed by atoms with E-state index in [1.165, 1.54) is 13.0 Å². The first-order valence-electron chi connectivity index (χ1n) is 8.06. The van der Waals surface area contributed by atoms with Crippen LogP contribution in [0.25, 0.3) is 10.8 Å². The van der Waals surface area contributed by atoms with E-state index in [2.05, 4.69) is 10.3 Å². The third kappa shape index (κ3) is 3.94. The van der Waals surface area contributed by atoms with E-state index in [-0.39, 0.29) is 11.6 Å². The number of nitrogens with one attached hydrogen (secondary N) is 1. The normalized spacial score (nSPS) is 10.5. The van der Waals surface area contributed by atoms with Crippen molar-refractivity contribution in [3.63, 3.8) is 0 Å². The number of aromatic nitrogens is 1. The summed E-state index contributed by atoms with van der Waals surface area (Å²) in [4.78, 5) is 25.9. The number of nitro benzene ring substituents is 1. The van der Waals surface area contributed by atoms with Gasteiger partial charge in [-0.25, -0.2) is 4.98 Å². The molecule has 0 saturated carbocycles. The number of hydrogen-bond acceptors (Lipinski definition) is 5. The lowest BCUT2D eigenvalue weighted by atomic mass is 10.1. The van der Waals surface area contributed by atoms with Crippen LogP contribution in [0.15, 0.2) is 54.7 Å². The summed E-state index contributed by atoms with van der Waals surface area (Å²) >= 11 is 0. The first-order chi connectivity index (χ1) is 12.5. The van der Waals surface area contributed by atoms with Crippen LogP contribution in [0.4, 0.5) is 11.5 Å². The maximum absolute atomic E-state index is 11.2. The summed E-state index contributed by atoms with van der Waals surface area (Å²) in [6.07, 6.45) is 2.24. The number of carbonyl (C=O) groups excluding carboxylic acids is 1. The average Bonchev–Trinajstić information content (AvgIpc) is 2.61. The zero-order valence-corrected chi connectivity index (χ0v) is 14.1. The second-order valence-electron chi connectivity index (χ2n) is 5.71. The van der Waals surface area contributed by atoms with Gasteiger partial charge in [-0.05, 0) is 29.8 Å². The molecular formula is C19H17N3O4. The minimum absolute atomic E-state index is 0.0574. The van der Waals surface area contributed by atoms with Gasteiger partial charge >= 0.3 is 0 Å². The third-order valence-electron chi connectivity index (χ3n) is 3.83. The summed E-state index contributed by atoms with van der Waals surface area (Å²) in [6, 6.07) is 13.8. The first kappa shape index (κ1) is 17.3. The molecule has 1 heterocycles. The number of nitrogens with zero attached hydrogens (tertiary/aromatic N) is 2. The first-order valence-corrected chi connectivity index (χ1v) is 8.06. The highest BCUT2D eigenvalue weighted by molar-refractivity contribution is 5.95. The molecule has 2 aromatic carbocycles. The number of carbonyl (C=O) groups is 1. The van der Waals surface area contributed by atoms with Crippen molar-refractivity contribution in [2.45, 2.75) is 13.3 Å². The van der Waals surface area contributed by atoms with E-state index >= 15 is 0 Å². The summed E-state index contributed by atoms with van der Waals surface area (Å²) in [6.45, 7) is 1.82. The van der Waals surface area contributed by atoms with E-state index in [0.717, 1.165) is 5.56 Å². The summed E-state index contributed by atoms with van der Waals surface area (Å²) in [5.74, 6) is 0.918. The van der Waals surface area contributed by atoms with Crippen LogP contribution in [0.1, 0.15) is 12.5 Å². The van der Waals surface area contributed by atoms with E-state index < -0.39 is 4.92 Å². The summed E-state index contributed by atoms with van der Waals surface area (Å²) in [5, 5.41) is 15.1. The number of amides is 1. The second kappa shape index (κ2) is 7.60. The lowest BCUT2D eigenvalue weighted by Crippen LogP contribution is -2.08. The number of ether oxygens (including phenoxy) is 1. The van der Waals surface area contributed by atoms with E-state index in [9.17, 15) is 14.9 Å². The van der Waals surface area contributed by atoms with Gasteiger partial charge in [0, 0.05) is 31.0 Å². The van der Waals surface area contributed by atoms with Gasteiger partial charge in [-0.2, -0.15) is 0 Å². The molecule has 0 spiro atoms. The maximum Gasteiger partial charge on any atom is 0.277 e. The van der Waals surface area contributed by atoms with Crippen LogP contribution < -0.4 is 10.1 Å². The molecule has 132 valence electrons. The summed E-state index contributed by atoms with van der Waals surface area (Å²) in [5.41, 5.74) is 1.02. The molecule has 3 rings (SSSR count). The van der Waals surface area contributed by atoms with Gasteiger partial charge in [0.05, 0.1) is 16.9 Å². The second-order valence-corrected chi connectivity index (χ2v) is 5.71. The molecule has 0 unspecified atom stereocenters. The Morgan fingerprint density at radius 3 is 2.69 bits per heavy atom. The smallest absolute Gasteiger partial charge is 0.277 e. The fourth-order valence-corrected chi connectivity index (χ4v) is 2.70. The Bertz CT molecular complexity index is 972. The SMILES string of the molecule is CC(=O)Nc1cc(CCOc2ccc([N+](=O)[O-])c3ccccc23)ccn1. The number of hydrogen-bond donors (Lipinski definition) is 1. The Kier molecular flexibility index (Phi) is 5.07. The molecule has 0 aliphatic rings. The Balaban J connectivity index is 1.74. The zero-order chi connectivity index (χ0) is 18.5. The van der Waals surface area contributed by atoms with Gasteiger partial charge in [-0.3, -0.25) is 14.9 Å². The van der Waals surface area contributed by atoms with Crippen molar-refractivity contribution in [3.05, 3.63) is 70.4 Å². The number of benzene rings is 2. The summed E-state index contributed by atoms with van der Waals surface area (Å²) < 4.78 is 5.85. The molecule has 7 nitrogen and oxygen atoms in total. The van der Waals surface area contributed by atoms with Crippen molar-refractivity contribution in [1.29, 1.82) is 0 Å². The Morgan fingerprint density at radius 2 is 1.96 bits per heavy atom. The Morgan fingerprint density at radius 1 is 1.19 bits per heavy atom. The van der Waals surface area contributed by atoms with Gasteiger partial charge in [0.1, 0.15) is 11.6 Å². The molecule has 26 heavy (non-hydrogen) atoms. The summed E-state index contributed by atoms with van der Waals surface area (Å²) in [7, 11) is 0. The number of fused-ring (bicyclic) bond motifs is 1. The van der Waals surface area contributed by atoms with Crippen molar-refractivity contribution in [1.82, 2.24) is 4.98 Å². The predicted octanol–water partition coefficient (Wildman–Crippen LogP) is 3.72. The van der Waals surface area contributed by atoms with Crippen molar-refractivity contribution in [2.24, 2.45) is 0 Å². The van der Waals surface area contributed by atoms with E-state index in [0.29, 0.717) is 35.4 Å². The van der Waals surface area contributed by atoms with Crippen LogP contribution in [-0.4, -0.2) is 22.4 Å². The van der Waals surface area contributed by atoms with Crippen LogP contribution in [0, 0.1) is 10.1 Å². The highest BCUT2D eigenvalue weighted by atomic mass is 16.6. The lowest BCUT2D eigenvalue weighted by molar-refractivity contribution is -0.383. The molecule has 1 N–H and O–H groups in total. The van der Waals surface area contributed by atoms with Gasteiger partial charge in [-0.15, -0.1) is 0 Å². The van der Waals surface area contributed by atoms with Gasteiger partial charge in [0.25, 0.3) is 5.69 Å². The number of anilines is 1. The molecule has 1 amide bonds. The quantitative estimate of drug-likeness (QED) is 0.539. The molecule has 1 aromatic heterocycles. The van der Waals surface area contributed by atoms with Crippen LogP contribution >= 0.6 is 0 Å². The van der Waals surface area contributed by atoms with Gasteiger partial charge in [0.15, 0.2) is 0 Å². The minimum Gasteiger partial charge on any atom is -0.493 e. The molecule has 0 radical (unpaired) electrons. The van der Waals surface area contributed by atoms with Gasteiger partial charge in [0.2, 0.25) is 5.91 Å². The van der Waals surface area contributed by atoms with Crippen molar-refractivity contribution in [3.8, 4) is 5.75 Å². The minimum atomic E-state index is -0.396. The lowest BCUT2D eigenvalue weighted by Gasteiger charge is -2.10. The zero-order valence-electron chi connectivity index (χ0n) is 14.1. The molecule has 0 aliphatic carbocycles. The molecular weight excluding hydrogens is 334 g/mol. The van der Waals surface area contributed by atoms with Crippen LogP contribution in [0.3, 0.4) is 0 Å². The van der Waals surface area contributed by atoms with Crippen molar-refractivity contribution < 1.29 is 14.5 Å². The highest BCUT2D eigenvalue weighted by Crippen LogP contribution is 2.32. The Labute approximate surface area is 149 Å². The molecule has 3 aromatic rings. The molecule has 0 fully saturated rings.